The van der Waals surface area contributed by atoms with Crippen molar-refractivity contribution in [2.24, 2.45) is 0 Å². The Morgan fingerprint density at radius 2 is 1.65 bits per heavy atom. The first kappa shape index (κ1) is 26.5. The van der Waals surface area contributed by atoms with Crippen LogP contribution in [-0.2, 0) is 27.3 Å². The molecule has 3 aliphatic rings. The third-order valence-corrected chi connectivity index (χ3v) is 8.34. The minimum atomic E-state index is -0.440. The number of nitrogens with one attached hydrogen (secondary N) is 2. The summed E-state index contributed by atoms with van der Waals surface area (Å²) in [5.74, 6) is -0.0605. The van der Waals surface area contributed by atoms with Gasteiger partial charge in [0.05, 0.1) is 12.3 Å². The Bertz CT molecular complexity index is 1340. The molecule has 6 rings (SSSR count). The van der Waals surface area contributed by atoms with Crippen LogP contribution in [0.4, 0.5) is 16.2 Å². The van der Waals surface area contributed by atoms with Gasteiger partial charge in [-0.3, -0.25) is 15.0 Å². The van der Waals surface area contributed by atoms with Gasteiger partial charge < -0.3 is 19.9 Å². The Morgan fingerprint density at radius 1 is 0.950 bits per heavy atom. The fraction of sp³-hybridized carbons (Fsp3) is 0.375. The van der Waals surface area contributed by atoms with Gasteiger partial charge in [0.1, 0.15) is 18.3 Å². The van der Waals surface area contributed by atoms with E-state index < -0.39 is 6.09 Å². The van der Waals surface area contributed by atoms with Crippen LogP contribution in [0.3, 0.4) is 0 Å². The summed E-state index contributed by atoms with van der Waals surface area (Å²) in [6, 6.07) is 23.8. The third kappa shape index (κ3) is 5.75. The van der Waals surface area contributed by atoms with E-state index in [0.717, 1.165) is 35.1 Å². The first-order valence-corrected chi connectivity index (χ1v) is 14.0. The molecule has 0 aromatic heterocycles. The van der Waals surface area contributed by atoms with Gasteiger partial charge in [0.25, 0.3) is 0 Å². The molecule has 0 aliphatic carbocycles. The van der Waals surface area contributed by atoms with E-state index in [9.17, 15) is 14.7 Å². The number of ether oxygens (including phenoxy) is 2. The quantitative estimate of drug-likeness (QED) is 0.331. The summed E-state index contributed by atoms with van der Waals surface area (Å²) in [7, 11) is 2.14. The van der Waals surface area contributed by atoms with E-state index >= 15 is 0 Å². The molecule has 8 nitrogen and oxygen atoms in total. The van der Waals surface area contributed by atoms with Gasteiger partial charge in [0.2, 0.25) is 5.91 Å². The van der Waals surface area contributed by atoms with E-state index in [1.807, 2.05) is 48.5 Å². The van der Waals surface area contributed by atoms with Crippen LogP contribution >= 0.6 is 0 Å². The van der Waals surface area contributed by atoms with Crippen molar-refractivity contribution in [1.82, 2.24) is 4.90 Å². The maximum atomic E-state index is 13.1. The highest BCUT2D eigenvalue weighted by atomic mass is 16.6. The molecule has 0 spiro atoms. The Kier molecular flexibility index (Phi) is 7.56. The van der Waals surface area contributed by atoms with Crippen molar-refractivity contribution in [1.29, 1.82) is 0 Å². The number of rotatable bonds is 9. The molecule has 2 amide bonds. The molecule has 8 heteroatoms. The minimum absolute atomic E-state index is 0.0266. The van der Waals surface area contributed by atoms with Crippen molar-refractivity contribution in [2.75, 3.05) is 17.7 Å². The fourth-order valence-electron chi connectivity index (χ4n) is 6.18. The van der Waals surface area contributed by atoms with Crippen LogP contribution in [0.2, 0.25) is 0 Å². The molecule has 4 unspecified atom stereocenters. The number of hydrogen-bond donors (Lipinski definition) is 3. The summed E-state index contributed by atoms with van der Waals surface area (Å²) in [6.07, 6.45) is 3.34. The number of amides is 2. The molecule has 3 N–H and O–H groups in total. The van der Waals surface area contributed by atoms with E-state index in [1.54, 1.807) is 24.3 Å². The van der Waals surface area contributed by atoms with Crippen molar-refractivity contribution in [3.8, 4) is 11.1 Å². The lowest BCUT2D eigenvalue weighted by Gasteiger charge is -2.37. The van der Waals surface area contributed by atoms with Gasteiger partial charge in [-0.2, -0.15) is 0 Å². The summed E-state index contributed by atoms with van der Waals surface area (Å²) >= 11 is 0. The number of aliphatic hydroxyl groups excluding tert-OH is 1. The molecule has 3 heterocycles. The Labute approximate surface area is 234 Å². The van der Waals surface area contributed by atoms with Crippen molar-refractivity contribution >= 4 is 23.4 Å². The Balaban J connectivity index is 1.08. The second-order valence-electron chi connectivity index (χ2n) is 11.0. The number of nitrogens with zero attached hydrogens (tertiary/aromatic N) is 1. The normalized spacial score (nSPS) is 24.7. The molecule has 0 radical (unpaired) electrons. The average molecular weight is 542 g/mol. The zero-order valence-corrected chi connectivity index (χ0v) is 22.6. The van der Waals surface area contributed by atoms with E-state index in [-0.39, 0.29) is 18.6 Å². The van der Waals surface area contributed by atoms with Gasteiger partial charge in [-0.1, -0.05) is 54.6 Å². The molecule has 3 aromatic rings. The first-order valence-electron chi connectivity index (χ1n) is 14.0. The molecular weight excluding hydrogens is 506 g/mol. The molecule has 3 aliphatic heterocycles. The number of aliphatic hydroxyl groups is 1. The fourth-order valence-corrected chi connectivity index (χ4v) is 6.18. The molecule has 3 fully saturated rings. The second kappa shape index (κ2) is 11.4. The predicted octanol–water partition coefficient (Wildman–Crippen LogP) is 4.97. The maximum Gasteiger partial charge on any atom is 0.411 e. The second-order valence-corrected chi connectivity index (χ2v) is 11.0. The number of benzene rings is 3. The SMILES string of the molecule is CN1C2CC(OC(=O)Nc3cc(CCCC(=O)Nc4ccc(CO)cc4)ccc3-c3ccccc3)CC1C1OC12. The van der Waals surface area contributed by atoms with Gasteiger partial charge >= 0.3 is 6.09 Å². The van der Waals surface area contributed by atoms with Crippen LogP contribution < -0.4 is 10.6 Å². The van der Waals surface area contributed by atoms with E-state index in [2.05, 4.69) is 22.6 Å². The number of carbonyl (C=O) groups is 2. The van der Waals surface area contributed by atoms with Crippen molar-refractivity contribution < 1.29 is 24.2 Å². The van der Waals surface area contributed by atoms with Crippen LogP contribution in [0.5, 0.6) is 0 Å². The van der Waals surface area contributed by atoms with Crippen molar-refractivity contribution in [3.05, 3.63) is 83.9 Å². The zero-order chi connectivity index (χ0) is 27.6. The largest absolute Gasteiger partial charge is 0.446 e. The van der Waals surface area contributed by atoms with Crippen LogP contribution in [0, 0.1) is 0 Å². The van der Waals surface area contributed by atoms with E-state index in [4.69, 9.17) is 9.47 Å². The molecule has 4 atom stereocenters. The first-order chi connectivity index (χ1) is 19.5. The minimum Gasteiger partial charge on any atom is -0.446 e. The van der Waals surface area contributed by atoms with Gasteiger partial charge in [0, 0.05) is 42.6 Å². The number of piperidine rings is 1. The summed E-state index contributed by atoms with van der Waals surface area (Å²) in [5, 5.41) is 15.1. The van der Waals surface area contributed by atoms with Crippen LogP contribution in [-0.4, -0.2) is 59.5 Å². The Hall–Kier alpha value is -3.72. The predicted molar refractivity (Wildman–Crippen MR) is 153 cm³/mol. The highest BCUT2D eigenvalue weighted by Crippen LogP contribution is 2.48. The summed E-state index contributed by atoms with van der Waals surface area (Å²) in [4.78, 5) is 27.9. The number of anilines is 2. The van der Waals surface area contributed by atoms with Crippen molar-refractivity contribution in [3.63, 3.8) is 0 Å². The Morgan fingerprint density at radius 3 is 2.35 bits per heavy atom. The molecule has 208 valence electrons. The highest BCUT2D eigenvalue weighted by molar-refractivity contribution is 5.92. The number of aryl methyl sites for hydroxylation is 1. The maximum absolute atomic E-state index is 13.1. The van der Waals surface area contributed by atoms with Gasteiger partial charge in [-0.15, -0.1) is 0 Å². The molecule has 2 bridgehead atoms. The van der Waals surface area contributed by atoms with Gasteiger partial charge in [-0.05, 0) is 54.8 Å². The third-order valence-electron chi connectivity index (χ3n) is 8.34. The number of epoxide rings is 1. The highest BCUT2D eigenvalue weighted by Gasteiger charge is 2.62. The van der Waals surface area contributed by atoms with E-state index in [0.29, 0.717) is 54.9 Å². The number of morpholine rings is 1. The average Bonchev–Trinajstić information content (AvgIpc) is 3.73. The molecule has 40 heavy (non-hydrogen) atoms. The van der Waals surface area contributed by atoms with E-state index in [1.165, 1.54) is 0 Å². The molecule has 3 aromatic carbocycles. The van der Waals surface area contributed by atoms with Crippen LogP contribution in [0.25, 0.3) is 11.1 Å². The number of carbonyl (C=O) groups excluding carboxylic acids is 2. The lowest BCUT2D eigenvalue weighted by molar-refractivity contribution is -0.116. The van der Waals surface area contributed by atoms with Crippen molar-refractivity contribution in [2.45, 2.75) is 69.1 Å². The zero-order valence-electron chi connectivity index (χ0n) is 22.6. The van der Waals surface area contributed by atoms with Gasteiger partial charge in [0.15, 0.2) is 0 Å². The standard InChI is InChI=1S/C32H35N3O5/c1-35-27-17-24(18-28(35)31-30(27)40-31)39-32(38)34-26-16-20(12-15-25(26)22-7-3-2-4-8-22)6-5-9-29(37)33-23-13-10-21(19-36)11-14-23/h2-4,7-8,10-16,24,27-28,30-31,36H,5-6,9,17-19H2,1H3,(H,33,37)(H,34,38). The number of likely N-dealkylation sites (N-methyl/N-ethyl adjacent to an activating group) is 1. The molecular formula is C32H35N3O5. The summed E-state index contributed by atoms with van der Waals surface area (Å²) < 4.78 is 11.7. The summed E-state index contributed by atoms with van der Waals surface area (Å²) in [6.45, 7) is -0.0266. The summed E-state index contributed by atoms with van der Waals surface area (Å²) in [5.41, 5.74) is 5.17. The molecule has 3 saturated heterocycles. The lowest BCUT2D eigenvalue weighted by Crippen LogP contribution is -2.48. The van der Waals surface area contributed by atoms with Gasteiger partial charge in [-0.25, -0.2) is 4.79 Å². The smallest absolute Gasteiger partial charge is 0.411 e. The monoisotopic (exact) mass is 541 g/mol. The lowest BCUT2D eigenvalue weighted by atomic mass is 9.99. The number of hydrogen-bond acceptors (Lipinski definition) is 6. The van der Waals surface area contributed by atoms with Crippen LogP contribution in [0.1, 0.15) is 36.8 Å². The number of fused-ring (bicyclic) bond motifs is 5. The van der Waals surface area contributed by atoms with Crippen LogP contribution in [0.15, 0.2) is 72.8 Å². The topological polar surface area (TPSA) is 103 Å². The molecule has 0 saturated carbocycles.